The quantitative estimate of drug-likeness (QED) is 0.130. The lowest BCUT2D eigenvalue weighted by Crippen LogP contribution is -2.26. The van der Waals surface area contributed by atoms with Crippen molar-refractivity contribution in [2.45, 2.75) is 20.8 Å². The number of hydrogen-bond acceptors (Lipinski definition) is 5. The smallest absolute Gasteiger partial charge is 0.229 e. The Balaban J connectivity index is 2.08. The highest BCUT2D eigenvalue weighted by Crippen LogP contribution is 2.37. The Morgan fingerprint density at radius 2 is 1.89 bits per heavy atom. The van der Waals surface area contributed by atoms with E-state index in [1.165, 1.54) is 24.4 Å². The van der Waals surface area contributed by atoms with Crippen molar-refractivity contribution in [3.8, 4) is 11.8 Å². The third-order valence-electron chi connectivity index (χ3n) is 5.29. The molecule has 0 saturated carbocycles. The maximum Gasteiger partial charge on any atom is 0.229 e. The lowest BCUT2D eigenvalue weighted by molar-refractivity contribution is -0.118. The number of carbonyl (C=O) groups excluding carboxylic acids is 1. The van der Waals surface area contributed by atoms with Crippen molar-refractivity contribution in [3.05, 3.63) is 52.9 Å². The predicted octanol–water partition coefficient (Wildman–Crippen LogP) is 5.94. The molecule has 0 fully saturated rings. The maximum atomic E-state index is 13.7. The number of carbonyl (C=O) groups is 1. The van der Waals surface area contributed by atoms with Crippen molar-refractivity contribution >= 4 is 78.3 Å². The maximum absolute atomic E-state index is 13.7. The van der Waals surface area contributed by atoms with Crippen molar-refractivity contribution in [1.29, 1.82) is 5.26 Å². The molecule has 1 heterocycles. The van der Waals surface area contributed by atoms with E-state index >= 15 is 0 Å². The molecule has 1 amide bonds. The molecule has 12 heteroatoms. The van der Waals surface area contributed by atoms with Crippen LogP contribution in [0.15, 0.2) is 36.5 Å². The number of thiol groups is 2. The number of pyridine rings is 1. The molecule has 0 aliphatic rings. The average molecular weight is 579 g/mol. The number of halogens is 2. The highest BCUT2D eigenvalue weighted by Gasteiger charge is 2.20. The standard InChI is InChI=1S/C26H28ClFN4O4S2/c1-4-36-24-9-22-19(8-23(24)32-26(35)17(12-37-14(2)33)13-38-15(3)34)25(16(10-29)11-30-22)31-18-5-6-21(28)20(27)7-18/h5-9,11,17,33-34,37-38H,4,12-13H2,1-3H3,(H,30,31)(H,32,35). The van der Waals surface area contributed by atoms with E-state index < -0.39 is 11.7 Å². The van der Waals surface area contributed by atoms with Crippen LogP contribution in [0.4, 0.5) is 21.5 Å². The molecule has 0 bridgehead atoms. The zero-order chi connectivity index (χ0) is 27.8. The monoisotopic (exact) mass is 578 g/mol. The van der Waals surface area contributed by atoms with Gasteiger partial charge in [-0.15, -0.1) is 0 Å². The number of rotatable bonds is 10. The number of hydrogen-bond donors (Lipinski definition) is 6. The third kappa shape index (κ3) is 7.75. The van der Waals surface area contributed by atoms with E-state index in [0.29, 0.717) is 74.5 Å². The molecule has 4 N–H and O–H groups in total. The van der Waals surface area contributed by atoms with Crippen LogP contribution in [0.5, 0.6) is 5.75 Å². The lowest BCUT2D eigenvalue weighted by Gasteiger charge is -2.18. The van der Waals surface area contributed by atoms with E-state index in [0.717, 1.165) is 0 Å². The molecule has 1 aromatic heterocycles. The Hall–Kier alpha value is -3.01. The van der Waals surface area contributed by atoms with Crippen molar-refractivity contribution in [2.24, 2.45) is 5.92 Å². The fraction of sp³-hybridized carbons (Fsp3) is 0.269. The van der Waals surface area contributed by atoms with Crippen LogP contribution in [0, 0.1) is 23.1 Å². The molecule has 38 heavy (non-hydrogen) atoms. The molecule has 0 radical (unpaired) electrons. The van der Waals surface area contributed by atoms with Gasteiger partial charge < -0.3 is 25.6 Å². The number of aliphatic hydroxyl groups is 2. The summed E-state index contributed by atoms with van der Waals surface area (Å²) in [5.41, 5.74) is 1.98. The first-order valence-electron chi connectivity index (χ1n) is 11.6. The zero-order valence-electron chi connectivity index (χ0n) is 20.9. The van der Waals surface area contributed by atoms with E-state index in [1.807, 2.05) is 6.92 Å². The van der Waals surface area contributed by atoms with Crippen molar-refractivity contribution < 1.29 is 24.1 Å². The molecule has 3 rings (SSSR count). The zero-order valence-corrected chi connectivity index (χ0v) is 23.5. The summed E-state index contributed by atoms with van der Waals surface area (Å²) in [6.07, 6.45) is 1.42. The van der Waals surface area contributed by atoms with Crippen LogP contribution < -0.4 is 15.4 Å². The second-order valence-electron chi connectivity index (χ2n) is 8.17. The lowest BCUT2D eigenvalue weighted by atomic mass is 10.1. The first-order chi connectivity index (χ1) is 18.1. The van der Waals surface area contributed by atoms with E-state index in [1.54, 1.807) is 26.0 Å². The van der Waals surface area contributed by atoms with Gasteiger partial charge in [0.25, 0.3) is 0 Å². The highest BCUT2D eigenvalue weighted by molar-refractivity contribution is 7.99. The van der Waals surface area contributed by atoms with Gasteiger partial charge in [0, 0.05) is 23.3 Å². The number of benzene rings is 2. The normalized spacial score (nSPS) is 13.1. The fourth-order valence-electron chi connectivity index (χ4n) is 3.47. The van der Waals surface area contributed by atoms with Crippen molar-refractivity contribution in [3.63, 3.8) is 0 Å². The van der Waals surface area contributed by atoms with Gasteiger partial charge in [-0.3, -0.25) is 9.78 Å². The van der Waals surface area contributed by atoms with Gasteiger partial charge in [-0.25, -0.2) is 4.39 Å². The first kappa shape index (κ1) is 29.5. The minimum atomic E-state index is -0.569. The molecule has 0 aliphatic carbocycles. The van der Waals surface area contributed by atoms with E-state index in [-0.39, 0.29) is 26.6 Å². The molecular formula is C26H28ClFN4O4S2. The molecule has 0 atom stereocenters. The summed E-state index contributed by atoms with van der Waals surface area (Å²) in [6.45, 7) is 5.28. The molecule has 0 saturated heterocycles. The van der Waals surface area contributed by atoms with Gasteiger partial charge in [-0.05, 0) is 56.5 Å². The largest absolute Gasteiger partial charge is 0.492 e. The van der Waals surface area contributed by atoms with Crippen LogP contribution >= 0.6 is 34.3 Å². The number of ether oxygens (including phenoxy) is 1. The minimum absolute atomic E-state index is 0.0752. The van der Waals surface area contributed by atoms with Gasteiger partial charge in [0.2, 0.25) is 5.91 Å². The molecule has 3 aromatic rings. The second kappa shape index (κ2) is 13.7. The Morgan fingerprint density at radius 1 is 1.21 bits per heavy atom. The van der Waals surface area contributed by atoms with Gasteiger partial charge in [-0.1, -0.05) is 11.6 Å². The highest BCUT2D eigenvalue weighted by atomic mass is 35.5. The molecule has 8 nitrogen and oxygen atoms in total. The summed E-state index contributed by atoms with van der Waals surface area (Å²) in [4.78, 5) is 17.7. The number of amides is 1. The summed E-state index contributed by atoms with van der Waals surface area (Å²) in [5, 5.41) is 35.9. The summed E-state index contributed by atoms with van der Waals surface area (Å²) in [5.74, 6) is -0.258. The van der Waals surface area contributed by atoms with Crippen molar-refractivity contribution in [1.82, 2.24) is 4.98 Å². The molecule has 0 aliphatic heterocycles. The number of anilines is 3. The SMILES string of the molecule is CCOc1cc2ncc(C#N)c(Nc3ccc(F)c(Cl)c3)c2cc1NC(=O)C(C[SH]=C(C)O)C[SH]=C(C)O. The number of aromatic nitrogens is 1. The first-order valence-corrected chi connectivity index (χ1v) is 14.1. The van der Waals surface area contributed by atoms with Gasteiger partial charge >= 0.3 is 0 Å². The summed E-state index contributed by atoms with van der Waals surface area (Å²) in [7, 11) is 0. The van der Waals surface area contributed by atoms with Gasteiger partial charge in [0.15, 0.2) is 0 Å². The molecule has 202 valence electrons. The topological polar surface area (TPSA) is 128 Å². The second-order valence-corrected chi connectivity index (χ2v) is 11.2. The number of aliphatic hydroxyl groups excluding tert-OH is 2. The molecular weight excluding hydrogens is 551 g/mol. The van der Waals surface area contributed by atoms with Crippen LogP contribution in [-0.2, 0) is 4.79 Å². The fourth-order valence-corrected chi connectivity index (χ4v) is 5.42. The van der Waals surface area contributed by atoms with E-state index in [9.17, 15) is 24.7 Å². The number of nitrogens with one attached hydrogen (secondary N) is 2. The van der Waals surface area contributed by atoms with E-state index in [2.05, 4.69) is 21.7 Å². The average Bonchev–Trinajstić information content (AvgIpc) is 2.86. The summed E-state index contributed by atoms with van der Waals surface area (Å²) < 4.78 is 19.5. The molecule has 2 aromatic carbocycles. The Labute approximate surface area is 232 Å². The van der Waals surface area contributed by atoms with E-state index in [4.69, 9.17) is 16.3 Å². The predicted molar refractivity (Wildman–Crippen MR) is 159 cm³/mol. The van der Waals surface area contributed by atoms with Gasteiger partial charge in [-0.2, -0.15) is 28.0 Å². The Bertz CT molecular complexity index is 1430. The van der Waals surface area contributed by atoms with Gasteiger partial charge in [0.05, 0.1) is 50.1 Å². The van der Waals surface area contributed by atoms with Crippen LogP contribution in [0.3, 0.4) is 0 Å². The number of nitriles is 1. The Kier molecular flexibility index (Phi) is 10.6. The Morgan fingerprint density at radius 3 is 2.47 bits per heavy atom. The molecule has 0 unspecified atom stereocenters. The number of fused-ring (bicyclic) bond motifs is 1. The van der Waals surface area contributed by atoms with Crippen LogP contribution in [0.1, 0.15) is 26.3 Å². The van der Waals surface area contributed by atoms with Crippen LogP contribution in [0.25, 0.3) is 10.9 Å². The van der Waals surface area contributed by atoms with Crippen LogP contribution in [-0.4, -0.2) is 49.3 Å². The summed E-state index contributed by atoms with van der Waals surface area (Å²) in [6, 6.07) is 9.56. The molecule has 0 spiro atoms. The van der Waals surface area contributed by atoms with Gasteiger partial charge in [0.1, 0.15) is 17.6 Å². The summed E-state index contributed by atoms with van der Waals surface area (Å²) >= 11 is 7.16. The van der Waals surface area contributed by atoms with Crippen LogP contribution in [0.2, 0.25) is 5.02 Å². The minimum Gasteiger partial charge on any atom is -0.492 e. The van der Waals surface area contributed by atoms with Crippen molar-refractivity contribution in [2.75, 3.05) is 28.7 Å². The third-order valence-corrected chi connectivity index (χ3v) is 7.74. The number of nitrogens with zero attached hydrogens (tertiary/aromatic N) is 2.